The maximum atomic E-state index is 11.9. The van der Waals surface area contributed by atoms with Crippen LogP contribution in [0.25, 0.3) is 11.4 Å². The Labute approximate surface area is 143 Å². The predicted octanol–water partition coefficient (Wildman–Crippen LogP) is 1.19. The van der Waals surface area contributed by atoms with Gasteiger partial charge in [-0.25, -0.2) is 0 Å². The molecule has 1 aliphatic heterocycles. The van der Waals surface area contributed by atoms with E-state index < -0.39 is 11.9 Å². The van der Waals surface area contributed by atoms with Crippen molar-refractivity contribution in [3.8, 4) is 22.9 Å². The number of amides is 1. The monoisotopic (exact) mass is 347 g/mol. The molecule has 3 rings (SSSR count). The van der Waals surface area contributed by atoms with E-state index in [1.165, 1.54) is 12.0 Å². The average Bonchev–Trinajstić information content (AvgIpc) is 3.22. The number of hydrogen-bond acceptors (Lipinski definition) is 7. The van der Waals surface area contributed by atoms with Gasteiger partial charge >= 0.3 is 5.97 Å². The molecule has 9 nitrogen and oxygen atoms in total. The molecule has 1 aromatic heterocycles. The molecule has 1 saturated heterocycles. The number of rotatable bonds is 6. The van der Waals surface area contributed by atoms with Crippen LogP contribution >= 0.6 is 0 Å². The Morgan fingerprint density at radius 3 is 2.76 bits per heavy atom. The third-order valence-corrected chi connectivity index (χ3v) is 4.00. The van der Waals surface area contributed by atoms with E-state index in [0.29, 0.717) is 22.9 Å². The van der Waals surface area contributed by atoms with Crippen LogP contribution in [0.1, 0.15) is 12.3 Å². The smallest absolute Gasteiger partial charge is 0.308 e. The highest BCUT2D eigenvalue weighted by Gasteiger charge is 2.35. The summed E-state index contributed by atoms with van der Waals surface area (Å²) >= 11 is 0. The minimum absolute atomic E-state index is 0.00793. The van der Waals surface area contributed by atoms with Crippen LogP contribution in [0.3, 0.4) is 0 Å². The van der Waals surface area contributed by atoms with Crippen molar-refractivity contribution in [2.24, 2.45) is 5.92 Å². The highest BCUT2D eigenvalue weighted by Crippen LogP contribution is 2.31. The Morgan fingerprint density at radius 1 is 1.36 bits per heavy atom. The molecule has 0 bridgehead atoms. The summed E-state index contributed by atoms with van der Waals surface area (Å²) in [6.07, 6.45) is -0.00793. The summed E-state index contributed by atoms with van der Waals surface area (Å²) in [6, 6.07) is 5.21. The van der Waals surface area contributed by atoms with Crippen LogP contribution < -0.4 is 9.47 Å². The van der Waals surface area contributed by atoms with Gasteiger partial charge in [-0.2, -0.15) is 4.98 Å². The second kappa shape index (κ2) is 6.80. The van der Waals surface area contributed by atoms with Gasteiger partial charge in [0, 0.05) is 18.5 Å². The molecule has 0 saturated carbocycles. The first-order chi connectivity index (χ1) is 12.0. The summed E-state index contributed by atoms with van der Waals surface area (Å²) < 4.78 is 15.6. The van der Waals surface area contributed by atoms with Gasteiger partial charge in [0.1, 0.15) is 6.54 Å². The molecule has 9 heteroatoms. The SMILES string of the molecule is COc1ccc(-c2noc(CN3C[C@@H](C(=O)O)CC3=O)n2)cc1OC. The zero-order valence-corrected chi connectivity index (χ0v) is 13.8. The number of carboxylic acid groups (broad SMARTS) is 1. The summed E-state index contributed by atoms with van der Waals surface area (Å²) in [5.74, 6) is -0.212. The molecule has 1 N–H and O–H groups in total. The van der Waals surface area contributed by atoms with Crippen molar-refractivity contribution in [1.29, 1.82) is 0 Å². The summed E-state index contributed by atoms with van der Waals surface area (Å²) in [7, 11) is 3.07. The Kier molecular flexibility index (Phi) is 4.55. The normalized spacial score (nSPS) is 17.0. The molecule has 0 unspecified atom stereocenters. The minimum atomic E-state index is -0.979. The van der Waals surface area contributed by atoms with Crippen molar-refractivity contribution in [3.63, 3.8) is 0 Å². The first-order valence-electron chi connectivity index (χ1n) is 7.57. The van der Waals surface area contributed by atoms with Crippen LogP contribution in [0.5, 0.6) is 11.5 Å². The molecular formula is C16H17N3O6. The number of aromatic nitrogens is 2. The summed E-state index contributed by atoms with van der Waals surface area (Å²) in [5, 5.41) is 12.9. The van der Waals surface area contributed by atoms with E-state index in [1.54, 1.807) is 25.3 Å². The standard InChI is InChI=1S/C16H17N3O6/c1-23-11-4-3-9(5-12(11)24-2)15-17-13(25-18-15)8-19-7-10(16(21)22)6-14(19)20/h3-5,10H,6-8H2,1-2H3,(H,21,22)/t10-/m0/s1. The number of benzene rings is 1. The molecular weight excluding hydrogens is 330 g/mol. The fourth-order valence-corrected chi connectivity index (χ4v) is 2.67. The fourth-order valence-electron chi connectivity index (χ4n) is 2.67. The molecule has 2 heterocycles. The predicted molar refractivity (Wildman–Crippen MR) is 84.0 cm³/mol. The highest BCUT2D eigenvalue weighted by atomic mass is 16.5. The van der Waals surface area contributed by atoms with Crippen molar-refractivity contribution < 1.29 is 28.7 Å². The molecule has 0 radical (unpaired) electrons. The number of carbonyl (C=O) groups is 2. The van der Waals surface area contributed by atoms with Crippen molar-refractivity contribution in [3.05, 3.63) is 24.1 Å². The number of ether oxygens (including phenoxy) is 2. The number of aliphatic carboxylic acids is 1. The van der Waals surface area contributed by atoms with E-state index in [2.05, 4.69) is 10.1 Å². The molecule has 132 valence electrons. The maximum Gasteiger partial charge on any atom is 0.308 e. The first kappa shape index (κ1) is 16.7. The molecule has 0 aliphatic carbocycles. The van der Waals surface area contributed by atoms with Crippen LogP contribution in [0.4, 0.5) is 0 Å². The first-order valence-corrected chi connectivity index (χ1v) is 7.57. The average molecular weight is 347 g/mol. The Bertz CT molecular complexity index is 803. The van der Waals surface area contributed by atoms with Crippen molar-refractivity contribution in [2.75, 3.05) is 20.8 Å². The van der Waals surface area contributed by atoms with E-state index in [4.69, 9.17) is 19.1 Å². The van der Waals surface area contributed by atoms with Crippen LogP contribution in [0.15, 0.2) is 22.7 Å². The quantitative estimate of drug-likeness (QED) is 0.828. The number of likely N-dealkylation sites (tertiary alicyclic amines) is 1. The topological polar surface area (TPSA) is 115 Å². The van der Waals surface area contributed by atoms with Crippen LogP contribution in [-0.2, 0) is 16.1 Å². The third-order valence-electron chi connectivity index (χ3n) is 4.00. The number of carboxylic acids is 1. The number of carbonyl (C=O) groups excluding carboxylic acids is 1. The minimum Gasteiger partial charge on any atom is -0.493 e. The molecule has 2 aromatic rings. The van der Waals surface area contributed by atoms with Gasteiger partial charge in [0.15, 0.2) is 11.5 Å². The Morgan fingerprint density at radius 2 is 2.12 bits per heavy atom. The second-order valence-electron chi connectivity index (χ2n) is 5.60. The van der Waals surface area contributed by atoms with Crippen molar-refractivity contribution in [1.82, 2.24) is 15.0 Å². The van der Waals surface area contributed by atoms with E-state index in [1.807, 2.05) is 0 Å². The molecule has 1 aliphatic rings. The summed E-state index contributed by atoms with van der Waals surface area (Å²) in [5.41, 5.74) is 0.670. The molecule has 1 amide bonds. The lowest BCUT2D eigenvalue weighted by Crippen LogP contribution is -2.25. The zero-order valence-electron chi connectivity index (χ0n) is 13.8. The van der Waals surface area contributed by atoms with Crippen molar-refractivity contribution >= 4 is 11.9 Å². The summed E-state index contributed by atoms with van der Waals surface area (Å²) in [6.45, 7) is 0.227. The molecule has 1 atom stereocenters. The van der Waals surface area contributed by atoms with Gasteiger partial charge in [-0.1, -0.05) is 5.16 Å². The lowest BCUT2D eigenvalue weighted by atomic mass is 10.1. The zero-order chi connectivity index (χ0) is 18.0. The lowest BCUT2D eigenvalue weighted by molar-refractivity contribution is -0.141. The number of nitrogens with zero attached hydrogens (tertiary/aromatic N) is 3. The van der Waals surface area contributed by atoms with Crippen molar-refractivity contribution in [2.45, 2.75) is 13.0 Å². The van der Waals surface area contributed by atoms with Gasteiger partial charge in [-0.3, -0.25) is 9.59 Å². The largest absolute Gasteiger partial charge is 0.493 e. The van der Waals surface area contributed by atoms with Crippen LogP contribution in [0.2, 0.25) is 0 Å². The second-order valence-corrected chi connectivity index (χ2v) is 5.60. The maximum absolute atomic E-state index is 11.9. The van der Waals surface area contributed by atoms with Gasteiger partial charge in [0.25, 0.3) is 0 Å². The molecule has 1 aromatic carbocycles. The molecule has 25 heavy (non-hydrogen) atoms. The van der Waals surface area contributed by atoms with Gasteiger partial charge < -0.3 is 24.0 Å². The lowest BCUT2D eigenvalue weighted by Gasteiger charge is -2.12. The van der Waals surface area contributed by atoms with Gasteiger partial charge in [-0.05, 0) is 18.2 Å². The Hall–Kier alpha value is -3.10. The third kappa shape index (κ3) is 3.39. The van der Waals surface area contributed by atoms with Gasteiger partial charge in [0.2, 0.25) is 17.6 Å². The van der Waals surface area contributed by atoms with Gasteiger partial charge in [0.05, 0.1) is 20.1 Å². The van der Waals surface area contributed by atoms with E-state index >= 15 is 0 Å². The molecule has 1 fully saturated rings. The Balaban J connectivity index is 1.75. The fraction of sp³-hybridized carbons (Fsp3) is 0.375. The number of methoxy groups -OCH3 is 2. The van der Waals surface area contributed by atoms with Crippen LogP contribution in [-0.4, -0.2) is 52.8 Å². The van der Waals surface area contributed by atoms with Gasteiger partial charge in [-0.15, -0.1) is 0 Å². The summed E-state index contributed by atoms with van der Waals surface area (Å²) in [4.78, 5) is 28.5. The van der Waals surface area contributed by atoms with E-state index in [0.717, 1.165) is 0 Å². The highest BCUT2D eigenvalue weighted by molar-refractivity contribution is 5.86. The van der Waals surface area contributed by atoms with E-state index in [-0.39, 0.29) is 31.3 Å². The molecule has 0 spiro atoms. The van der Waals surface area contributed by atoms with Crippen LogP contribution in [0, 0.1) is 5.92 Å². The number of hydrogen-bond donors (Lipinski definition) is 1. The van der Waals surface area contributed by atoms with E-state index in [9.17, 15) is 9.59 Å².